The molecule has 3 rings (SSSR count). The van der Waals surface area contributed by atoms with Crippen LogP contribution in [0.15, 0.2) is 48.5 Å². The van der Waals surface area contributed by atoms with Crippen LogP contribution in [-0.2, 0) is 36.8 Å². The molecule has 4 atom stereocenters. The smallest absolute Gasteiger partial charge is 0.326 e. The highest BCUT2D eigenvalue weighted by molar-refractivity contribution is 5.94. The highest BCUT2D eigenvalue weighted by atomic mass is 16.4. The molecule has 1 aliphatic rings. The van der Waals surface area contributed by atoms with Gasteiger partial charge in [0.15, 0.2) is 0 Å². The first-order valence-electron chi connectivity index (χ1n) is 13.2. The third kappa shape index (κ3) is 8.93. The number of benzene rings is 2. The number of rotatable bonds is 13. The van der Waals surface area contributed by atoms with Crippen LogP contribution in [0.25, 0.3) is 0 Å². The van der Waals surface area contributed by atoms with Crippen LogP contribution in [0.1, 0.15) is 36.8 Å². The van der Waals surface area contributed by atoms with Crippen molar-refractivity contribution in [1.29, 1.82) is 0 Å². The van der Waals surface area contributed by atoms with Crippen LogP contribution >= 0.6 is 0 Å². The number of primary amides is 1. The molecule has 1 aliphatic heterocycles. The Labute approximate surface area is 236 Å². The molecule has 220 valence electrons. The van der Waals surface area contributed by atoms with Gasteiger partial charge in [0.05, 0.1) is 6.04 Å². The molecule has 0 bridgehead atoms. The van der Waals surface area contributed by atoms with Crippen LogP contribution in [0, 0.1) is 0 Å². The minimum Gasteiger partial charge on any atom is -0.508 e. The first-order valence-corrected chi connectivity index (χ1v) is 13.2. The number of carbonyl (C=O) groups excluding carboxylic acids is 4. The molecular weight excluding hydrogens is 534 g/mol. The standard InChI is InChI=1S/C28H35N5O8/c29-20(14-16-3-7-18(34)8-4-16)25(37)31-21(11-12-24(30)36)26(38)32-22(15-17-5-9-19(35)10-6-17)27(39)33-13-1-2-23(33)28(40)41/h3-10,20-23,34-35H,1-2,11-15,29H2,(H2,30,36)(H,31,37)(H,32,38)(H,40,41). The fourth-order valence-electron chi connectivity index (χ4n) is 4.64. The minimum atomic E-state index is -1.27. The quantitative estimate of drug-likeness (QED) is 0.165. The Morgan fingerprint density at radius 2 is 1.39 bits per heavy atom. The van der Waals surface area contributed by atoms with Gasteiger partial charge < -0.3 is 42.3 Å². The Balaban J connectivity index is 1.79. The molecule has 2 aromatic carbocycles. The van der Waals surface area contributed by atoms with E-state index in [2.05, 4.69) is 10.6 Å². The van der Waals surface area contributed by atoms with Crippen molar-refractivity contribution in [1.82, 2.24) is 15.5 Å². The fraction of sp³-hybridized carbons (Fsp3) is 0.393. The van der Waals surface area contributed by atoms with Gasteiger partial charge in [0, 0.05) is 19.4 Å². The van der Waals surface area contributed by atoms with E-state index in [4.69, 9.17) is 11.5 Å². The average molecular weight is 570 g/mol. The van der Waals surface area contributed by atoms with Crippen molar-refractivity contribution in [3.05, 3.63) is 59.7 Å². The van der Waals surface area contributed by atoms with Crippen molar-refractivity contribution in [3.63, 3.8) is 0 Å². The summed E-state index contributed by atoms with van der Waals surface area (Å²) in [4.78, 5) is 64.2. The Morgan fingerprint density at radius 1 is 0.854 bits per heavy atom. The summed E-state index contributed by atoms with van der Waals surface area (Å²) in [5.41, 5.74) is 12.6. The number of hydrogen-bond donors (Lipinski definition) is 7. The van der Waals surface area contributed by atoms with Gasteiger partial charge in [0.2, 0.25) is 23.6 Å². The Morgan fingerprint density at radius 3 is 1.93 bits per heavy atom. The number of phenolic OH excluding ortho intramolecular Hbond substituents is 2. The molecule has 4 amide bonds. The molecule has 4 unspecified atom stereocenters. The number of aliphatic carboxylic acids is 1. The van der Waals surface area contributed by atoms with Gasteiger partial charge in [-0.3, -0.25) is 19.2 Å². The predicted octanol–water partition coefficient (Wildman–Crippen LogP) is -0.479. The number of nitrogens with two attached hydrogens (primary N) is 2. The van der Waals surface area contributed by atoms with Crippen molar-refractivity contribution >= 4 is 29.6 Å². The Hall–Kier alpha value is -4.65. The number of phenols is 2. The number of aromatic hydroxyl groups is 2. The third-order valence-corrected chi connectivity index (χ3v) is 6.85. The second-order valence-electron chi connectivity index (χ2n) is 10.0. The first kappa shape index (κ1) is 30.9. The van der Waals surface area contributed by atoms with E-state index in [-0.39, 0.29) is 50.1 Å². The normalized spacial score (nSPS) is 16.8. The summed E-state index contributed by atoms with van der Waals surface area (Å²) in [5, 5.41) is 33.8. The summed E-state index contributed by atoms with van der Waals surface area (Å²) < 4.78 is 0. The zero-order valence-corrected chi connectivity index (χ0v) is 22.4. The zero-order valence-electron chi connectivity index (χ0n) is 22.4. The maximum Gasteiger partial charge on any atom is 0.326 e. The van der Waals surface area contributed by atoms with E-state index in [9.17, 15) is 39.3 Å². The second kappa shape index (κ2) is 14.1. The molecule has 1 fully saturated rings. The van der Waals surface area contributed by atoms with Gasteiger partial charge in [-0.15, -0.1) is 0 Å². The van der Waals surface area contributed by atoms with Crippen LogP contribution in [0.2, 0.25) is 0 Å². The van der Waals surface area contributed by atoms with Crippen LogP contribution in [0.3, 0.4) is 0 Å². The summed E-state index contributed by atoms with van der Waals surface area (Å²) in [7, 11) is 0. The van der Waals surface area contributed by atoms with E-state index >= 15 is 0 Å². The van der Waals surface area contributed by atoms with Crippen LogP contribution in [-0.4, -0.2) is 80.5 Å². The molecule has 0 spiro atoms. The maximum absolute atomic E-state index is 13.5. The topological polar surface area (TPSA) is 225 Å². The number of amides is 4. The summed E-state index contributed by atoms with van der Waals surface area (Å²) in [6.07, 6.45) is 0.431. The Bertz CT molecular complexity index is 1250. The lowest BCUT2D eigenvalue weighted by Crippen LogP contribution is -2.58. The number of carboxylic acids is 1. The number of nitrogens with zero attached hydrogens (tertiary/aromatic N) is 1. The molecule has 9 N–H and O–H groups in total. The number of carboxylic acid groups (broad SMARTS) is 1. The molecule has 0 saturated carbocycles. The van der Waals surface area contributed by atoms with E-state index in [1.165, 1.54) is 29.2 Å². The van der Waals surface area contributed by atoms with E-state index in [1.807, 2.05) is 0 Å². The van der Waals surface area contributed by atoms with Crippen LogP contribution < -0.4 is 22.1 Å². The minimum absolute atomic E-state index is 0.00372. The number of likely N-dealkylation sites (tertiary alicyclic amines) is 1. The summed E-state index contributed by atoms with van der Waals surface area (Å²) in [6, 6.07) is 7.47. The average Bonchev–Trinajstić information content (AvgIpc) is 3.43. The molecule has 0 aromatic heterocycles. The van der Waals surface area contributed by atoms with Crippen molar-refractivity contribution < 1.29 is 39.3 Å². The SMILES string of the molecule is NC(=O)CCC(NC(=O)C(N)Cc1ccc(O)cc1)C(=O)NC(Cc1ccc(O)cc1)C(=O)N1CCCC1C(=O)O. The highest BCUT2D eigenvalue weighted by Gasteiger charge is 2.38. The fourth-order valence-corrected chi connectivity index (χ4v) is 4.64. The summed E-state index contributed by atoms with van der Waals surface area (Å²) in [6.45, 7) is 0.200. The molecule has 0 radical (unpaired) electrons. The molecule has 13 nitrogen and oxygen atoms in total. The van der Waals surface area contributed by atoms with Gasteiger partial charge in [0.1, 0.15) is 29.6 Å². The largest absolute Gasteiger partial charge is 0.508 e. The number of nitrogens with one attached hydrogen (secondary N) is 2. The van der Waals surface area contributed by atoms with E-state index in [0.717, 1.165) is 0 Å². The van der Waals surface area contributed by atoms with E-state index in [0.29, 0.717) is 17.5 Å². The molecule has 13 heteroatoms. The molecule has 41 heavy (non-hydrogen) atoms. The van der Waals surface area contributed by atoms with Crippen molar-refractivity contribution in [2.45, 2.75) is 62.7 Å². The predicted molar refractivity (Wildman–Crippen MR) is 146 cm³/mol. The summed E-state index contributed by atoms with van der Waals surface area (Å²) >= 11 is 0. The van der Waals surface area contributed by atoms with Gasteiger partial charge in [-0.2, -0.15) is 0 Å². The third-order valence-electron chi connectivity index (χ3n) is 6.85. The maximum atomic E-state index is 13.5. The van der Waals surface area contributed by atoms with Crippen molar-refractivity contribution in [3.8, 4) is 11.5 Å². The lowest BCUT2D eigenvalue weighted by atomic mass is 10.0. The van der Waals surface area contributed by atoms with Gasteiger partial charge in [-0.1, -0.05) is 24.3 Å². The molecule has 2 aromatic rings. The van der Waals surface area contributed by atoms with Crippen LogP contribution in [0.5, 0.6) is 11.5 Å². The second-order valence-corrected chi connectivity index (χ2v) is 10.0. The van der Waals surface area contributed by atoms with Gasteiger partial charge in [-0.25, -0.2) is 4.79 Å². The van der Waals surface area contributed by atoms with E-state index < -0.39 is 53.8 Å². The number of carbonyl (C=O) groups is 5. The number of hydrogen-bond acceptors (Lipinski definition) is 8. The lowest BCUT2D eigenvalue weighted by Gasteiger charge is -2.29. The van der Waals surface area contributed by atoms with Gasteiger partial charge in [-0.05, 0) is 61.1 Å². The zero-order chi connectivity index (χ0) is 30.1. The monoisotopic (exact) mass is 569 g/mol. The molecule has 1 heterocycles. The van der Waals surface area contributed by atoms with Crippen molar-refractivity contribution in [2.24, 2.45) is 11.5 Å². The molecule has 0 aliphatic carbocycles. The van der Waals surface area contributed by atoms with Gasteiger partial charge >= 0.3 is 5.97 Å². The van der Waals surface area contributed by atoms with Crippen molar-refractivity contribution in [2.75, 3.05) is 6.54 Å². The van der Waals surface area contributed by atoms with E-state index in [1.54, 1.807) is 24.3 Å². The first-order chi connectivity index (χ1) is 19.4. The molecular formula is C28H35N5O8. The summed E-state index contributed by atoms with van der Waals surface area (Å²) in [5.74, 6) is -3.88. The lowest BCUT2D eigenvalue weighted by molar-refractivity contribution is -0.149. The Kier molecular flexibility index (Phi) is 10.6. The molecule has 1 saturated heterocycles. The highest BCUT2D eigenvalue weighted by Crippen LogP contribution is 2.20. The van der Waals surface area contributed by atoms with Crippen LogP contribution in [0.4, 0.5) is 0 Å². The van der Waals surface area contributed by atoms with Gasteiger partial charge in [0.25, 0.3) is 0 Å².